The fourth-order valence-corrected chi connectivity index (χ4v) is 2.19. The molecule has 0 N–H and O–H groups in total. The van der Waals surface area contributed by atoms with E-state index in [9.17, 15) is 0 Å². The summed E-state index contributed by atoms with van der Waals surface area (Å²) in [4.78, 5) is 0. The first kappa shape index (κ1) is 8.66. The van der Waals surface area contributed by atoms with Gasteiger partial charge in [0.15, 0.2) is 0 Å². The minimum absolute atomic E-state index is 1.15. The average molecular weight is 220 g/mol. The summed E-state index contributed by atoms with van der Waals surface area (Å²) in [6, 6.07) is 0. The zero-order valence-electron chi connectivity index (χ0n) is 5.98. The van der Waals surface area contributed by atoms with Gasteiger partial charge in [-0.1, -0.05) is 27.8 Å². The second-order valence-electron chi connectivity index (χ2n) is 2.38. The van der Waals surface area contributed by atoms with Gasteiger partial charge < -0.3 is 11.8 Å². The lowest BCUT2D eigenvalue weighted by Gasteiger charge is -2.21. The standard InChI is InChI=1S/C8H12BrS/c9-6-2-1-4-8-5-3-7-10-8/h3,7H,1-2,4-6H2/q-1. The normalized spacial score (nSPS) is 18.5. The van der Waals surface area contributed by atoms with Gasteiger partial charge in [-0.25, -0.2) is 0 Å². The van der Waals surface area contributed by atoms with Crippen molar-refractivity contribution < 1.29 is 0 Å². The Bertz CT molecular complexity index is 104. The largest absolute Gasteiger partial charge is 0.321 e. The molecule has 0 saturated carbocycles. The molecule has 1 aliphatic rings. The Morgan fingerprint density at radius 3 is 3.00 bits per heavy atom. The van der Waals surface area contributed by atoms with E-state index < -0.39 is 0 Å². The van der Waals surface area contributed by atoms with Crippen LogP contribution < -0.4 is 0 Å². The van der Waals surface area contributed by atoms with Crippen LogP contribution >= 0.6 is 27.7 Å². The SMILES string of the molecule is BrCCCC[C-]1CC=CS1. The third kappa shape index (κ3) is 3.11. The first-order valence-electron chi connectivity index (χ1n) is 3.66. The van der Waals surface area contributed by atoms with Crippen LogP contribution in [0.3, 0.4) is 0 Å². The molecule has 0 amide bonds. The predicted molar refractivity (Wildman–Crippen MR) is 52.2 cm³/mol. The number of unbranched alkanes of at least 4 members (excludes halogenated alkanes) is 1. The molecule has 0 bridgehead atoms. The lowest BCUT2D eigenvalue weighted by atomic mass is 10.1. The fourth-order valence-electron chi connectivity index (χ4n) is 0.950. The summed E-state index contributed by atoms with van der Waals surface area (Å²) >= 11 is 5.34. The first-order valence-corrected chi connectivity index (χ1v) is 5.66. The van der Waals surface area contributed by atoms with Crippen LogP contribution in [-0.4, -0.2) is 5.33 Å². The Hall–Kier alpha value is 0.570. The van der Waals surface area contributed by atoms with Crippen LogP contribution in [0.5, 0.6) is 0 Å². The molecule has 0 aromatic rings. The molecule has 0 nitrogen and oxygen atoms in total. The zero-order chi connectivity index (χ0) is 7.23. The van der Waals surface area contributed by atoms with Gasteiger partial charge in [-0.05, 0) is 6.42 Å². The Morgan fingerprint density at radius 2 is 2.40 bits per heavy atom. The lowest BCUT2D eigenvalue weighted by molar-refractivity contribution is 0.768. The van der Waals surface area contributed by atoms with E-state index in [-0.39, 0.29) is 0 Å². The predicted octanol–water partition coefficient (Wildman–Crippen LogP) is 3.73. The van der Waals surface area contributed by atoms with Crippen molar-refractivity contribution in [2.45, 2.75) is 25.7 Å². The molecule has 58 valence electrons. The van der Waals surface area contributed by atoms with Crippen molar-refractivity contribution in [1.29, 1.82) is 0 Å². The van der Waals surface area contributed by atoms with E-state index >= 15 is 0 Å². The van der Waals surface area contributed by atoms with Crippen molar-refractivity contribution in [1.82, 2.24) is 0 Å². The molecule has 0 aromatic heterocycles. The van der Waals surface area contributed by atoms with E-state index in [0.717, 1.165) is 5.33 Å². The molecule has 0 aromatic carbocycles. The number of halogens is 1. The van der Waals surface area contributed by atoms with Crippen LogP contribution in [0.4, 0.5) is 0 Å². The van der Waals surface area contributed by atoms with E-state index in [1.54, 1.807) is 5.25 Å². The van der Waals surface area contributed by atoms with Crippen molar-refractivity contribution in [2.75, 3.05) is 5.33 Å². The second kappa shape index (κ2) is 5.25. The number of rotatable bonds is 4. The van der Waals surface area contributed by atoms with Crippen LogP contribution in [0, 0.1) is 5.25 Å². The van der Waals surface area contributed by atoms with Crippen LogP contribution in [0.2, 0.25) is 0 Å². The summed E-state index contributed by atoms with van der Waals surface area (Å²) in [5.41, 5.74) is 0. The molecule has 0 aliphatic carbocycles. The van der Waals surface area contributed by atoms with Crippen molar-refractivity contribution in [3.63, 3.8) is 0 Å². The molecule has 0 spiro atoms. The van der Waals surface area contributed by atoms with Crippen LogP contribution in [-0.2, 0) is 0 Å². The molecule has 0 unspecified atom stereocenters. The highest BCUT2D eigenvalue weighted by atomic mass is 79.9. The Kier molecular flexibility index (Phi) is 4.55. The molecule has 0 saturated heterocycles. The van der Waals surface area contributed by atoms with Gasteiger partial charge >= 0.3 is 0 Å². The van der Waals surface area contributed by atoms with Crippen LogP contribution in [0.15, 0.2) is 11.5 Å². The number of hydrogen-bond acceptors (Lipinski definition) is 1. The van der Waals surface area contributed by atoms with E-state index in [1.807, 2.05) is 11.8 Å². The van der Waals surface area contributed by atoms with Crippen molar-refractivity contribution >= 4 is 27.7 Å². The molecule has 1 heterocycles. The number of thioether (sulfide) groups is 1. The van der Waals surface area contributed by atoms with E-state index in [0.29, 0.717) is 0 Å². The van der Waals surface area contributed by atoms with Crippen molar-refractivity contribution in [3.05, 3.63) is 16.7 Å². The maximum atomic E-state index is 3.43. The van der Waals surface area contributed by atoms with Gasteiger partial charge in [-0.15, -0.1) is 12.5 Å². The van der Waals surface area contributed by atoms with Gasteiger partial charge in [0.25, 0.3) is 0 Å². The van der Waals surface area contributed by atoms with Crippen LogP contribution in [0.1, 0.15) is 25.7 Å². The molecule has 0 atom stereocenters. The Morgan fingerprint density at radius 1 is 1.50 bits per heavy atom. The number of allylic oxidation sites excluding steroid dienone is 1. The van der Waals surface area contributed by atoms with Gasteiger partial charge in [-0.2, -0.15) is 6.42 Å². The lowest BCUT2D eigenvalue weighted by Crippen LogP contribution is -1.86. The Balaban J connectivity index is 1.93. The van der Waals surface area contributed by atoms with Crippen molar-refractivity contribution in [3.8, 4) is 0 Å². The van der Waals surface area contributed by atoms with Gasteiger partial charge in [0, 0.05) is 5.33 Å². The fraction of sp³-hybridized carbons (Fsp3) is 0.625. The Labute approximate surface area is 75.6 Å². The number of hydrogen-bond donors (Lipinski definition) is 0. The minimum atomic E-state index is 1.15. The molecule has 2 heteroatoms. The zero-order valence-corrected chi connectivity index (χ0v) is 8.38. The highest BCUT2D eigenvalue weighted by Gasteiger charge is 1.94. The summed E-state index contributed by atoms with van der Waals surface area (Å²) in [6.45, 7) is 0. The van der Waals surface area contributed by atoms with Crippen molar-refractivity contribution in [2.24, 2.45) is 0 Å². The molecule has 0 radical (unpaired) electrons. The maximum absolute atomic E-state index is 3.43. The van der Waals surface area contributed by atoms with Gasteiger partial charge in [0.2, 0.25) is 0 Å². The third-order valence-corrected chi connectivity index (χ3v) is 3.11. The van der Waals surface area contributed by atoms with E-state index in [4.69, 9.17) is 0 Å². The summed E-state index contributed by atoms with van der Waals surface area (Å²) in [7, 11) is 0. The first-order chi connectivity index (χ1) is 4.93. The molecule has 0 fully saturated rings. The molecular weight excluding hydrogens is 208 g/mol. The summed E-state index contributed by atoms with van der Waals surface area (Å²) in [5.74, 6) is 0. The van der Waals surface area contributed by atoms with Gasteiger partial charge in [0.1, 0.15) is 0 Å². The molecule has 1 aliphatic heterocycles. The quantitative estimate of drug-likeness (QED) is 0.395. The summed E-state index contributed by atoms with van der Waals surface area (Å²) in [5, 5.41) is 4.99. The number of alkyl halides is 1. The minimum Gasteiger partial charge on any atom is -0.321 e. The van der Waals surface area contributed by atoms with Gasteiger partial charge in [0.05, 0.1) is 0 Å². The topological polar surface area (TPSA) is 0 Å². The van der Waals surface area contributed by atoms with Gasteiger partial charge in [-0.3, -0.25) is 5.25 Å². The highest BCUT2D eigenvalue weighted by Crippen LogP contribution is 2.35. The smallest absolute Gasteiger partial charge is 0.00303 e. The molecule has 10 heavy (non-hydrogen) atoms. The second-order valence-corrected chi connectivity index (χ2v) is 4.26. The van der Waals surface area contributed by atoms with E-state index in [1.165, 1.54) is 25.7 Å². The van der Waals surface area contributed by atoms with Crippen LogP contribution in [0.25, 0.3) is 0 Å². The molecule has 1 rings (SSSR count). The molecular formula is C8H12BrS-. The third-order valence-electron chi connectivity index (χ3n) is 1.52. The highest BCUT2D eigenvalue weighted by molar-refractivity contribution is 9.09. The summed E-state index contributed by atoms with van der Waals surface area (Å²) < 4.78 is 0. The van der Waals surface area contributed by atoms with E-state index in [2.05, 4.69) is 27.4 Å². The monoisotopic (exact) mass is 219 g/mol. The summed E-state index contributed by atoms with van der Waals surface area (Å²) in [6.07, 6.45) is 7.42. The average Bonchev–Trinajstić information content (AvgIpc) is 2.41. The maximum Gasteiger partial charge on any atom is 0.00303 e.